The van der Waals surface area contributed by atoms with Gasteiger partial charge in [-0.25, -0.2) is 0 Å². The summed E-state index contributed by atoms with van der Waals surface area (Å²) in [5.74, 6) is 0.819. The molecule has 25 heavy (non-hydrogen) atoms. The minimum Gasteiger partial charge on any atom is -0.494 e. The SMILES string of the molecule is CCC(C)(C)c1ccc(OCCCC(=O)Nc2ccc(Cl)cc2)cc1. The Labute approximate surface area is 155 Å². The highest BCUT2D eigenvalue weighted by Gasteiger charge is 2.17. The molecule has 0 atom stereocenters. The molecule has 4 heteroatoms. The van der Waals surface area contributed by atoms with Crippen LogP contribution in [-0.4, -0.2) is 12.5 Å². The fourth-order valence-corrected chi connectivity index (χ4v) is 2.51. The topological polar surface area (TPSA) is 38.3 Å². The Morgan fingerprint density at radius 1 is 1.08 bits per heavy atom. The van der Waals surface area contributed by atoms with Crippen LogP contribution in [0.5, 0.6) is 5.75 Å². The molecule has 0 heterocycles. The molecule has 2 aromatic carbocycles. The molecule has 1 N–H and O–H groups in total. The molecule has 0 bridgehead atoms. The van der Waals surface area contributed by atoms with Crippen LogP contribution in [0.1, 0.15) is 45.6 Å². The van der Waals surface area contributed by atoms with E-state index in [1.807, 2.05) is 12.1 Å². The van der Waals surface area contributed by atoms with Crippen molar-refractivity contribution in [3.63, 3.8) is 0 Å². The van der Waals surface area contributed by atoms with E-state index in [-0.39, 0.29) is 11.3 Å². The van der Waals surface area contributed by atoms with Gasteiger partial charge >= 0.3 is 0 Å². The zero-order valence-corrected chi connectivity index (χ0v) is 15.9. The minimum atomic E-state index is -0.0223. The van der Waals surface area contributed by atoms with Crippen LogP contribution < -0.4 is 10.1 Å². The fourth-order valence-electron chi connectivity index (χ4n) is 2.39. The highest BCUT2D eigenvalue weighted by molar-refractivity contribution is 6.30. The van der Waals surface area contributed by atoms with Crippen LogP contribution in [0, 0.1) is 0 Å². The summed E-state index contributed by atoms with van der Waals surface area (Å²) in [6.45, 7) is 7.19. The molecule has 0 fully saturated rings. The number of halogens is 1. The summed E-state index contributed by atoms with van der Waals surface area (Å²) in [4.78, 5) is 11.9. The van der Waals surface area contributed by atoms with Crippen LogP contribution in [0.4, 0.5) is 5.69 Å². The second-order valence-electron chi connectivity index (χ2n) is 6.77. The molecule has 2 aromatic rings. The van der Waals surface area contributed by atoms with Crippen LogP contribution in [-0.2, 0) is 10.2 Å². The number of rotatable bonds is 8. The van der Waals surface area contributed by atoms with Crippen LogP contribution >= 0.6 is 11.6 Å². The maximum Gasteiger partial charge on any atom is 0.224 e. The second kappa shape index (κ2) is 8.91. The molecule has 0 aliphatic rings. The first-order valence-corrected chi connectivity index (χ1v) is 9.07. The molecule has 0 saturated heterocycles. The Morgan fingerprint density at radius 2 is 1.72 bits per heavy atom. The predicted molar refractivity (Wildman–Crippen MR) is 105 cm³/mol. The van der Waals surface area contributed by atoms with Gasteiger partial charge in [0.2, 0.25) is 5.91 Å². The first kappa shape index (κ1) is 19.3. The fraction of sp³-hybridized carbons (Fsp3) is 0.381. The van der Waals surface area contributed by atoms with Gasteiger partial charge in [0.05, 0.1) is 6.61 Å². The van der Waals surface area contributed by atoms with E-state index in [1.54, 1.807) is 24.3 Å². The number of carbonyl (C=O) groups excluding carboxylic acids is 1. The van der Waals surface area contributed by atoms with Crippen LogP contribution in [0.15, 0.2) is 48.5 Å². The number of benzene rings is 2. The largest absolute Gasteiger partial charge is 0.494 e. The summed E-state index contributed by atoms with van der Waals surface area (Å²) in [6.07, 6.45) is 2.18. The number of ether oxygens (including phenoxy) is 1. The molecular formula is C21H26ClNO2. The van der Waals surface area contributed by atoms with Crippen molar-refractivity contribution in [1.82, 2.24) is 0 Å². The van der Waals surface area contributed by atoms with E-state index in [0.717, 1.165) is 17.9 Å². The van der Waals surface area contributed by atoms with Gasteiger partial charge in [-0.05, 0) is 60.2 Å². The molecule has 0 aliphatic heterocycles. The molecule has 2 rings (SSSR count). The molecule has 0 spiro atoms. The normalized spacial score (nSPS) is 11.2. The monoisotopic (exact) mass is 359 g/mol. The zero-order valence-electron chi connectivity index (χ0n) is 15.1. The molecule has 0 aromatic heterocycles. The van der Waals surface area contributed by atoms with Gasteiger partial charge in [-0.15, -0.1) is 0 Å². The summed E-state index contributed by atoms with van der Waals surface area (Å²) in [6, 6.07) is 15.3. The van der Waals surface area contributed by atoms with Crippen molar-refractivity contribution in [3.05, 3.63) is 59.1 Å². The van der Waals surface area contributed by atoms with Crippen molar-refractivity contribution in [2.75, 3.05) is 11.9 Å². The summed E-state index contributed by atoms with van der Waals surface area (Å²) >= 11 is 5.82. The Bertz CT molecular complexity index is 678. The highest BCUT2D eigenvalue weighted by Crippen LogP contribution is 2.28. The molecule has 134 valence electrons. The number of anilines is 1. The first-order chi connectivity index (χ1) is 11.9. The van der Waals surface area contributed by atoms with Crippen molar-refractivity contribution >= 4 is 23.2 Å². The van der Waals surface area contributed by atoms with E-state index in [2.05, 4.69) is 38.2 Å². The lowest BCUT2D eigenvalue weighted by atomic mass is 9.82. The summed E-state index contributed by atoms with van der Waals surface area (Å²) < 4.78 is 5.73. The van der Waals surface area contributed by atoms with Gasteiger partial charge in [0, 0.05) is 17.1 Å². The van der Waals surface area contributed by atoms with Crippen molar-refractivity contribution < 1.29 is 9.53 Å². The first-order valence-electron chi connectivity index (χ1n) is 8.69. The summed E-state index contributed by atoms with van der Waals surface area (Å²) in [5.41, 5.74) is 2.24. The van der Waals surface area contributed by atoms with Crippen molar-refractivity contribution in [3.8, 4) is 5.75 Å². The van der Waals surface area contributed by atoms with Crippen molar-refractivity contribution in [2.24, 2.45) is 0 Å². The number of amides is 1. The Morgan fingerprint density at radius 3 is 2.32 bits per heavy atom. The quantitative estimate of drug-likeness (QED) is 0.602. The van der Waals surface area contributed by atoms with E-state index < -0.39 is 0 Å². The summed E-state index contributed by atoms with van der Waals surface area (Å²) in [7, 11) is 0. The molecule has 3 nitrogen and oxygen atoms in total. The minimum absolute atomic E-state index is 0.0223. The average Bonchev–Trinajstić information content (AvgIpc) is 2.61. The standard InChI is InChI=1S/C21H26ClNO2/c1-4-21(2,3)16-7-13-19(14-8-16)25-15-5-6-20(24)23-18-11-9-17(22)10-12-18/h7-14H,4-6,15H2,1-3H3,(H,23,24). The van der Waals surface area contributed by atoms with Crippen LogP contribution in [0.25, 0.3) is 0 Å². The lowest BCUT2D eigenvalue weighted by Gasteiger charge is -2.23. The highest BCUT2D eigenvalue weighted by atomic mass is 35.5. The van der Waals surface area contributed by atoms with Crippen molar-refractivity contribution in [1.29, 1.82) is 0 Å². The van der Waals surface area contributed by atoms with E-state index in [9.17, 15) is 4.79 Å². The average molecular weight is 360 g/mol. The van der Waals surface area contributed by atoms with E-state index >= 15 is 0 Å². The number of hydrogen-bond acceptors (Lipinski definition) is 2. The number of nitrogens with one attached hydrogen (secondary N) is 1. The third kappa shape index (κ3) is 6.09. The molecule has 1 amide bonds. The van der Waals surface area contributed by atoms with E-state index in [0.29, 0.717) is 24.5 Å². The van der Waals surface area contributed by atoms with Crippen LogP contribution in [0.3, 0.4) is 0 Å². The Balaban J connectivity index is 1.72. The van der Waals surface area contributed by atoms with Gasteiger partial charge in [0.1, 0.15) is 5.75 Å². The van der Waals surface area contributed by atoms with E-state index in [4.69, 9.17) is 16.3 Å². The maximum absolute atomic E-state index is 11.9. The molecule has 0 unspecified atom stereocenters. The molecule has 0 aliphatic carbocycles. The zero-order chi connectivity index (χ0) is 18.3. The van der Waals surface area contributed by atoms with Gasteiger partial charge in [-0.2, -0.15) is 0 Å². The third-order valence-corrected chi connectivity index (χ3v) is 4.72. The number of carbonyl (C=O) groups is 1. The van der Waals surface area contributed by atoms with Crippen LogP contribution in [0.2, 0.25) is 5.02 Å². The molecular weight excluding hydrogens is 334 g/mol. The number of hydrogen-bond donors (Lipinski definition) is 1. The van der Waals surface area contributed by atoms with Gasteiger partial charge in [-0.3, -0.25) is 4.79 Å². The Kier molecular flexibility index (Phi) is 6.89. The lowest BCUT2D eigenvalue weighted by Crippen LogP contribution is -2.15. The second-order valence-corrected chi connectivity index (χ2v) is 7.21. The lowest BCUT2D eigenvalue weighted by molar-refractivity contribution is -0.116. The summed E-state index contributed by atoms with van der Waals surface area (Å²) in [5, 5.41) is 3.50. The smallest absolute Gasteiger partial charge is 0.224 e. The van der Waals surface area contributed by atoms with E-state index in [1.165, 1.54) is 5.56 Å². The third-order valence-electron chi connectivity index (χ3n) is 4.46. The molecule has 0 saturated carbocycles. The van der Waals surface area contributed by atoms with Gasteiger partial charge < -0.3 is 10.1 Å². The van der Waals surface area contributed by atoms with Gasteiger partial charge in [0.15, 0.2) is 0 Å². The Hall–Kier alpha value is -2.00. The maximum atomic E-state index is 11.9. The molecule has 0 radical (unpaired) electrons. The van der Waals surface area contributed by atoms with Gasteiger partial charge in [0.25, 0.3) is 0 Å². The predicted octanol–water partition coefficient (Wildman–Crippen LogP) is 5.83. The van der Waals surface area contributed by atoms with Gasteiger partial charge in [-0.1, -0.05) is 44.5 Å². The van der Waals surface area contributed by atoms with Crippen molar-refractivity contribution in [2.45, 2.75) is 45.4 Å².